The van der Waals surface area contributed by atoms with Gasteiger partial charge in [-0.05, 0) is 31.5 Å². The average Bonchev–Trinajstić information content (AvgIpc) is 3.03. The predicted molar refractivity (Wildman–Crippen MR) is 94.6 cm³/mol. The number of carbonyl (C=O) groups is 1. The van der Waals surface area contributed by atoms with Gasteiger partial charge in [0.25, 0.3) is 5.91 Å². The van der Waals surface area contributed by atoms with E-state index in [1.165, 1.54) is 12.1 Å². The molecule has 2 heterocycles. The van der Waals surface area contributed by atoms with Crippen molar-refractivity contribution < 1.29 is 13.9 Å². The SMILES string of the molecule is CCc1[nH]nc(C(=O)NCc2cccnc2Oc2ccccc2F)c1C. The summed E-state index contributed by atoms with van der Waals surface area (Å²) in [6.45, 7) is 4.03. The van der Waals surface area contributed by atoms with Gasteiger partial charge in [0.2, 0.25) is 5.88 Å². The molecule has 1 amide bonds. The van der Waals surface area contributed by atoms with Gasteiger partial charge < -0.3 is 10.1 Å². The van der Waals surface area contributed by atoms with Crippen molar-refractivity contribution in [1.82, 2.24) is 20.5 Å². The largest absolute Gasteiger partial charge is 0.436 e. The van der Waals surface area contributed by atoms with Crippen LogP contribution in [-0.2, 0) is 13.0 Å². The third-order valence-electron chi connectivity index (χ3n) is 4.01. The minimum Gasteiger partial charge on any atom is -0.436 e. The zero-order valence-electron chi connectivity index (χ0n) is 14.5. The lowest BCUT2D eigenvalue weighted by Gasteiger charge is -2.11. The number of carbonyl (C=O) groups excluding carboxylic acids is 1. The Bertz CT molecular complexity index is 923. The van der Waals surface area contributed by atoms with Crippen LogP contribution in [0.3, 0.4) is 0 Å². The molecule has 0 bridgehead atoms. The number of halogens is 1. The number of hydrogen-bond acceptors (Lipinski definition) is 4. The Morgan fingerprint density at radius 1 is 1.27 bits per heavy atom. The summed E-state index contributed by atoms with van der Waals surface area (Å²) in [5, 5.41) is 9.73. The molecule has 0 spiro atoms. The normalized spacial score (nSPS) is 10.6. The first-order valence-electron chi connectivity index (χ1n) is 8.28. The standard InChI is InChI=1S/C19H19FN4O2/c1-3-15-12(2)17(24-23-15)18(25)22-11-13-7-6-10-21-19(13)26-16-9-5-4-8-14(16)20/h4-10H,3,11H2,1-2H3,(H,22,25)(H,23,24). The first-order valence-corrected chi connectivity index (χ1v) is 8.28. The Hall–Kier alpha value is -3.22. The number of ether oxygens (including phenoxy) is 1. The van der Waals surface area contributed by atoms with Crippen LogP contribution in [0.15, 0.2) is 42.6 Å². The van der Waals surface area contributed by atoms with Crippen molar-refractivity contribution in [1.29, 1.82) is 0 Å². The molecule has 0 atom stereocenters. The molecule has 1 aromatic carbocycles. The summed E-state index contributed by atoms with van der Waals surface area (Å²) in [4.78, 5) is 16.5. The van der Waals surface area contributed by atoms with E-state index in [9.17, 15) is 9.18 Å². The Morgan fingerprint density at radius 3 is 2.81 bits per heavy atom. The number of nitrogens with zero attached hydrogens (tertiary/aromatic N) is 2. The number of nitrogens with one attached hydrogen (secondary N) is 2. The van der Waals surface area contributed by atoms with Crippen LogP contribution in [-0.4, -0.2) is 21.1 Å². The van der Waals surface area contributed by atoms with Crippen molar-refractivity contribution >= 4 is 5.91 Å². The van der Waals surface area contributed by atoms with Gasteiger partial charge in [0, 0.05) is 29.6 Å². The van der Waals surface area contributed by atoms with Gasteiger partial charge in [-0.15, -0.1) is 0 Å². The minimum absolute atomic E-state index is 0.0782. The van der Waals surface area contributed by atoms with Crippen LogP contribution in [0.25, 0.3) is 0 Å². The number of rotatable bonds is 6. The Morgan fingerprint density at radius 2 is 2.08 bits per heavy atom. The number of aromatic nitrogens is 3. The molecule has 26 heavy (non-hydrogen) atoms. The van der Waals surface area contributed by atoms with E-state index in [1.54, 1.807) is 30.5 Å². The maximum absolute atomic E-state index is 13.8. The van der Waals surface area contributed by atoms with E-state index in [0.717, 1.165) is 17.7 Å². The number of aromatic amines is 1. The molecule has 0 saturated heterocycles. The maximum atomic E-state index is 13.8. The molecular weight excluding hydrogens is 335 g/mol. The lowest BCUT2D eigenvalue weighted by Crippen LogP contribution is -2.24. The van der Waals surface area contributed by atoms with Crippen LogP contribution >= 0.6 is 0 Å². The number of benzene rings is 1. The molecule has 0 aliphatic rings. The number of para-hydroxylation sites is 1. The van der Waals surface area contributed by atoms with Crippen molar-refractivity contribution in [2.24, 2.45) is 0 Å². The molecule has 134 valence electrons. The number of amides is 1. The highest BCUT2D eigenvalue weighted by atomic mass is 19.1. The van der Waals surface area contributed by atoms with Gasteiger partial charge in [0.1, 0.15) is 0 Å². The van der Waals surface area contributed by atoms with Gasteiger partial charge in [-0.1, -0.05) is 25.1 Å². The average molecular weight is 354 g/mol. The fraction of sp³-hybridized carbons (Fsp3) is 0.211. The number of H-pyrrole nitrogens is 1. The Labute approximate surface area is 150 Å². The molecule has 3 rings (SSSR count). The summed E-state index contributed by atoms with van der Waals surface area (Å²) >= 11 is 0. The van der Waals surface area contributed by atoms with Gasteiger partial charge in [-0.25, -0.2) is 9.37 Å². The molecule has 0 unspecified atom stereocenters. The first kappa shape index (κ1) is 17.6. The van der Waals surface area contributed by atoms with Crippen LogP contribution in [0, 0.1) is 12.7 Å². The van der Waals surface area contributed by atoms with E-state index >= 15 is 0 Å². The Balaban J connectivity index is 1.73. The summed E-state index contributed by atoms with van der Waals surface area (Å²) in [7, 11) is 0. The monoisotopic (exact) mass is 354 g/mol. The third-order valence-corrected chi connectivity index (χ3v) is 4.01. The van der Waals surface area contributed by atoms with Crippen LogP contribution in [0.1, 0.15) is 34.2 Å². The van der Waals surface area contributed by atoms with E-state index in [-0.39, 0.29) is 24.1 Å². The molecule has 0 fully saturated rings. The summed E-state index contributed by atoms with van der Waals surface area (Å²) in [5.41, 5.74) is 2.76. The number of aryl methyl sites for hydroxylation is 1. The van der Waals surface area contributed by atoms with E-state index in [4.69, 9.17) is 4.74 Å². The number of pyridine rings is 1. The Kier molecular flexibility index (Phi) is 5.26. The molecule has 0 saturated carbocycles. The molecule has 7 heteroatoms. The minimum atomic E-state index is -0.479. The highest BCUT2D eigenvalue weighted by Gasteiger charge is 2.16. The van der Waals surface area contributed by atoms with E-state index in [0.29, 0.717) is 11.3 Å². The molecule has 2 aromatic heterocycles. The quantitative estimate of drug-likeness (QED) is 0.710. The van der Waals surface area contributed by atoms with Crippen molar-refractivity contribution in [2.45, 2.75) is 26.8 Å². The second kappa shape index (κ2) is 7.77. The number of hydrogen-bond donors (Lipinski definition) is 2. The molecule has 0 aliphatic heterocycles. The van der Waals surface area contributed by atoms with E-state index in [2.05, 4.69) is 20.5 Å². The van der Waals surface area contributed by atoms with Crippen molar-refractivity contribution in [2.75, 3.05) is 0 Å². The van der Waals surface area contributed by atoms with Gasteiger partial charge in [-0.2, -0.15) is 5.10 Å². The zero-order valence-corrected chi connectivity index (χ0v) is 14.5. The smallest absolute Gasteiger partial charge is 0.272 e. The molecule has 3 aromatic rings. The molecule has 0 aliphatic carbocycles. The fourth-order valence-corrected chi connectivity index (χ4v) is 2.54. The van der Waals surface area contributed by atoms with Crippen LogP contribution in [0.5, 0.6) is 11.6 Å². The molecular formula is C19H19FN4O2. The zero-order chi connectivity index (χ0) is 18.5. The van der Waals surface area contributed by atoms with Crippen molar-refractivity contribution in [3.05, 3.63) is 70.9 Å². The highest BCUT2D eigenvalue weighted by molar-refractivity contribution is 5.93. The van der Waals surface area contributed by atoms with Crippen molar-refractivity contribution in [3.63, 3.8) is 0 Å². The van der Waals surface area contributed by atoms with Crippen LogP contribution in [0.2, 0.25) is 0 Å². The van der Waals surface area contributed by atoms with Gasteiger partial charge in [0.15, 0.2) is 17.3 Å². The van der Waals surface area contributed by atoms with Crippen LogP contribution < -0.4 is 10.1 Å². The van der Waals surface area contributed by atoms with Gasteiger partial charge >= 0.3 is 0 Å². The third kappa shape index (κ3) is 3.72. The summed E-state index contributed by atoms with van der Waals surface area (Å²) < 4.78 is 19.4. The molecule has 0 radical (unpaired) electrons. The molecule has 2 N–H and O–H groups in total. The van der Waals surface area contributed by atoms with E-state index in [1.807, 2.05) is 13.8 Å². The summed E-state index contributed by atoms with van der Waals surface area (Å²) in [6, 6.07) is 9.58. The van der Waals surface area contributed by atoms with Gasteiger partial charge in [0.05, 0.1) is 0 Å². The lowest BCUT2D eigenvalue weighted by atomic mass is 10.1. The second-order valence-electron chi connectivity index (χ2n) is 5.71. The lowest BCUT2D eigenvalue weighted by molar-refractivity contribution is 0.0945. The maximum Gasteiger partial charge on any atom is 0.272 e. The van der Waals surface area contributed by atoms with Crippen molar-refractivity contribution in [3.8, 4) is 11.6 Å². The molecule has 6 nitrogen and oxygen atoms in total. The second-order valence-corrected chi connectivity index (χ2v) is 5.71. The summed E-state index contributed by atoms with van der Waals surface area (Å²) in [6.07, 6.45) is 2.32. The highest BCUT2D eigenvalue weighted by Crippen LogP contribution is 2.25. The predicted octanol–water partition coefficient (Wildman–Crippen LogP) is 3.54. The first-order chi connectivity index (χ1) is 12.6. The van der Waals surface area contributed by atoms with Crippen LogP contribution in [0.4, 0.5) is 4.39 Å². The topological polar surface area (TPSA) is 79.9 Å². The fourth-order valence-electron chi connectivity index (χ4n) is 2.54. The van der Waals surface area contributed by atoms with Gasteiger partial charge in [-0.3, -0.25) is 9.89 Å². The summed E-state index contributed by atoms with van der Waals surface area (Å²) in [5.74, 6) is -0.452. The van der Waals surface area contributed by atoms with E-state index < -0.39 is 5.82 Å².